The summed E-state index contributed by atoms with van der Waals surface area (Å²) in [6, 6.07) is 19.1. The van der Waals surface area contributed by atoms with Gasteiger partial charge in [0.15, 0.2) is 0 Å². The second-order valence-electron chi connectivity index (χ2n) is 6.63. The van der Waals surface area contributed by atoms with E-state index in [1.54, 1.807) is 18.4 Å². The van der Waals surface area contributed by atoms with Crippen LogP contribution in [-0.2, 0) is 29.0 Å². The van der Waals surface area contributed by atoms with Gasteiger partial charge in [0.05, 0.1) is 20.1 Å². The Bertz CT molecular complexity index is 920. The maximum absolute atomic E-state index is 12.2. The van der Waals surface area contributed by atoms with Crippen LogP contribution in [0.5, 0.6) is 5.75 Å². The van der Waals surface area contributed by atoms with Gasteiger partial charge in [0, 0.05) is 17.0 Å². The molecule has 5 nitrogen and oxygen atoms in total. The molecule has 0 unspecified atom stereocenters. The van der Waals surface area contributed by atoms with Crippen molar-refractivity contribution in [2.24, 2.45) is 0 Å². The smallest absolute Gasteiger partial charge is 0.224 e. The number of aryl methyl sites for hydroxylation is 1. The highest BCUT2D eigenvalue weighted by Crippen LogP contribution is 2.14. The Morgan fingerprint density at radius 3 is 2.31 bits per heavy atom. The van der Waals surface area contributed by atoms with Gasteiger partial charge in [0.1, 0.15) is 5.75 Å². The van der Waals surface area contributed by atoms with Crippen molar-refractivity contribution in [1.82, 2.24) is 5.32 Å². The van der Waals surface area contributed by atoms with E-state index in [9.17, 15) is 9.59 Å². The van der Waals surface area contributed by atoms with Crippen LogP contribution < -0.4 is 15.4 Å². The van der Waals surface area contributed by atoms with Gasteiger partial charge in [-0.15, -0.1) is 11.3 Å². The summed E-state index contributed by atoms with van der Waals surface area (Å²) in [7, 11) is 1.63. The van der Waals surface area contributed by atoms with Crippen molar-refractivity contribution in [2.75, 3.05) is 12.4 Å². The van der Waals surface area contributed by atoms with Crippen molar-refractivity contribution in [3.05, 3.63) is 82.0 Å². The molecule has 2 N–H and O–H groups in total. The Hall–Kier alpha value is -3.12. The first-order valence-corrected chi connectivity index (χ1v) is 10.3. The predicted molar refractivity (Wildman–Crippen MR) is 116 cm³/mol. The van der Waals surface area contributed by atoms with Crippen LogP contribution in [0.4, 0.5) is 5.69 Å². The van der Waals surface area contributed by atoms with Gasteiger partial charge in [-0.05, 0) is 53.3 Å². The van der Waals surface area contributed by atoms with Gasteiger partial charge in [0.25, 0.3) is 0 Å². The first kappa shape index (κ1) is 20.6. The van der Waals surface area contributed by atoms with E-state index in [0.29, 0.717) is 25.8 Å². The maximum atomic E-state index is 12.2. The molecule has 0 spiro atoms. The Kier molecular flexibility index (Phi) is 7.41. The molecule has 0 aliphatic carbocycles. The number of nitrogens with one attached hydrogen (secondary N) is 2. The minimum atomic E-state index is -0.0396. The second kappa shape index (κ2) is 10.4. The monoisotopic (exact) mass is 408 g/mol. The third-order valence-corrected chi connectivity index (χ3v) is 5.32. The van der Waals surface area contributed by atoms with Gasteiger partial charge < -0.3 is 15.4 Å². The summed E-state index contributed by atoms with van der Waals surface area (Å²) in [5.41, 5.74) is 2.72. The Morgan fingerprint density at radius 1 is 0.931 bits per heavy atom. The molecule has 2 aromatic carbocycles. The molecule has 0 bridgehead atoms. The Morgan fingerprint density at radius 2 is 1.66 bits per heavy atom. The van der Waals surface area contributed by atoms with Crippen molar-refractivity contribution in [1.29, 1.82) is 0 Å². The third kappa shape index (κ3) is 6.76. The fraction of sp³-hybridized carbons (Fsp3) is 0.217. The minimum absolute atomic E-state index is 0.0188. The number of rotatable bonds is 9. The lowest BCUT2D eigenvalue weighted by Crippen LogP contribution is -2.24. The molecule has 3 rings (SSSR count). The molecule has 0 fully saturated rings. The van der Waals surface area contributed by atoms with E-state index in [4.69, 9.17) is 4.74 Å². The largest absolute Gasteiger partial charge is 0.497 e. The average molecular weight is 409 g/mol. The lowest BCUT2D eigenvalue weighted by Gasteiger charge is -2.08. The number of hydrogen-bond acceptors (Lipinski definition) is 4. The van der Waals surface area contributed by atoms with E-state index in [-0.39, 0.29) is 11.8 Å². The van der Waals surface area contributed by atoms with Crippen LogP contribution in [0, 0.1) is 0 Å². The van der Waals surface area contributed by atoms with Crippen molar-refractivity contribution >= 4 is 28.8 Å². The first-order chi connectivity index (χ1) is 14.1. The highest BCUT2D eigenvalue weighted by atomic mass is 32.1. The fourth-order valence-corrected chi connectivity index (χ4v) is 3.47. The van der Waals surface area contributed by atoms with Crippen LogP contribution >= 0.6 is 11.3 Å². The Labute approximate surface area is 174 Å². The highest BCUT2D eigenvalue weighted by molar-refractivity contribution is 7.09. The van der Waals surface area contributed by atoms with E-state index >= 15 is 0 Å². The molecule has 1 aromatic heterocycles. The van der Waals surface area contributed by atoms with Crippen LogP contribution in [0.3, 0.4) is 0 Å². The molecule has 3 aromatic rings. The molecule has 0 radical (unpaired) electrons. The molecular weight excluding hydrogens is 384 g/mol. The molecule has 150 valence electrons. The maximum Gasteiger partial charge on any atom is 0.224 e. The molecule has 0 atom stereocenters. The number of benzene rings is 2. The zero-order valence-corrected chi connectivity index (χ0v) is 17.1. The number of carbonyl (C=O) groups excluding carboxylic acids is 2. The van der Waals surface area contributed by atoms with E-state index in [1.165, 1.54) is 0 Å². The molecule has 0 aliphatic rings. The molecule has 29 heavy (non-hydrogen) atoms. The van der Waals surface area contributed by atoms with Gasteiger partial charge in [-0.25, -0.2) is 0 Å². The van der Waals surface area contributed by atoms with Gasteiger partial charge in [-0.1, -0.05) is 30.3 Å². The summed E-state index contributed by atoms with van der Waals surface area (Å²) in [4.78, 5) is 25.3. The van der Waals surface area contributed by atoms with E-state index in [0.717, 1.165) is 27.4 Å². The van der Waals surface area contributed by atoms with Crippen molar-refractivity contribution in [2.45, 2.75) is 25.8 Å². The Balaban J connectivity index is 1.41. The first-order valence-electron chi connectivity index (χ1n) is 9.43. The second-order valence-corrected chi connectivity index (χ2v) is 7.66. The summed E-state index contributed by atoms with van der Waals surface area (Å²) < 4.78 is 5.13. The highest BCUT2D eigenvalue weighted by Gasteiger charge is 2.06. The van der Waals surface area contributed by atoms with Gasteiger partial charge in [-0.3, -0.25) is 9.59 Å². The summed E-state index contributed by atoms with van der Waals surface area (Å²) in [5, 5.41) is 7.80. The summed E-state index contributed by atoms with van der Waals surface area (Å²) in [6.45, 7) is 0.554. The molecule has 1 heterocycles. The minimum Gasteiger partial charge on any atom is -0.497 e. The van der Waals surface area contributed by atoms with E-state index < -0.39 is 0 Å². The van der Waals surface area contributed by atoms with Crippen molar-refractivity contribution in [3.63, 3.8) is 0 Å². The quantitative estimate of drug-likeness (QED) is 0.558. The SMILES string of the molecule is COc1ccc(CCC(=O)Nc2ccc(CC(=O)NCc3cccs3)cc2)cc1. The van der Waals surface area contributed by atoms with Crippen LogP contribution in [0.15, 0.2) is 66.0 Å². The molecular formula is C23H24N2O3S. The van der Waals surface area contributed by atoms with Crippen LogP contribution in [-0.4, -0.2) is 18.9 Å². The lowest BCUT2D eigenvalue weighted by atomic mass is 10.1. The molecule has 0 saturated carbocycles. The number of thiophene rings is 1. The van der Waals surface area contributed by atoms with Gasteiger partial charge in [-0.2, -0.15) is 0 Å². The summed E-state index contributed by atoms with van der Waals surface area (Å²) in [6.07, 6.45) is 1.38. The zero-order valence-electron chi connectivity index (χ0n) is 16.3. The predicted octanol–water partition coefficient (Wildman–Crippen LogP) is 4.19. The molecule has 6 heteroatoms. The van der Waals surface area contributed by atoms with E-state index in [1.807, 2.05) is 66.0 Å². The standard InChI is InChI=1S/C23H24N2O3S/c1-28-20-11-6-17(7-12-20)8-13-22(26)25-19-9-4-18(5-10-19)15-23(27)24-16-21-3-2-14-29-21/h2-7,9-12,14H,8,13,15-16H2,1H3,(H,24,27)(H,25,26). The van der Waals surface area contributed by atoms with Crippen molar-refractivity contribution < 1.29 is 14.3 Å². The van der Waals surface area contributed by atoms with E-state index in [2.05, 4.69) is 10.6 Å². The zero-order chi connectivity index (χ0) is 20.5. The number of anilines is 1. The van der Waals surface area contributed by atoms with Crippen LogP contribution in [0.2, 0.25) is 0 Å². The number of hydrogen-bond donors (Lipinski definition) is 2. The number of carbonyl (C=O) groups is 2. The molecule has 0 aliphatic heterocycles. The molecule has 2 amide bonds. The molecule has 0 saturated heterocycles. The summed E-state index contributed by atoms with van der Waals surface area (Å²) in [5.74, 6) is 0.746. The topological polar surface area (TPSA) is 67.4 Å². The third-order valence-electron chi connectivity index (χ3n) is 4.44. The van der Waals surface area contributed by atoms with Gasteiger partial charge >= 0.3 is 0 Å². The van der Waals surface area contributed by atoms with Gasteiger partial charge in [0.2, 0.25) is 11.8 Å². The average Bonchev–Trinajstić information content (AvgIpc) is 3.26. The lowest BCUT2D eigenvalue weighted by molar-refractivity contribution is -0.120. The number of ether oxygens (including phenoxy) is 1. The number of methoxy groups -OCH3 is 1. The number of amides is 2. The summed E-state index contributed by atoms with van der Waals surface area (Å²) >= 11 is 1.62. The van der Waals surface area contributed by atoms with Crippen LogP contribution in [0.25, 0.3) is 0 Å². The van der Waals surface area contributed by atoms with Crippen LogP contribution in [0.1, 0.15) is 22.4 Å². The fourth-order valence-electron chi connectivity index (χ4n) is 2.83. The van der Waals surface area contributed by atoms with Crippen molar-refractivity contribution in [3.8, 4) is 5.75 Å². The normalized spacial score (nSPS) is 10.4.